The van der Waals surface area contributed by atoms with Crippen molar-refractivity contribution >= 4 is 11.9 Å². The predicted molar refractivity (Wildman–Crippen MR) is 95.0 cm³/mol. The molecular formula is C20H26O6. The molecule has 3 rings (SSSR count). The topological polar surface area (TPSA) is 93.1 Å². The molecule has 2 saturated heterocycles. The summed E-state index contributed by atoms with van der Waals surface area (Å²) >= 11 is 0. The zero-order valence-electron chi connectivity index (χ0n) is 15.2. The van der Waals surface area contributed by atoms with Gasteiger partial charge >= 0.3 is 11.9 Å². The smallest absolute Gasteiger partial charge is 0.335 e. The van der Waals surface area contributed by atoms with Crippen molar-refractivity contribution in [1.82, 2.24) is 0 Å². The van der Waals surface area contributed by atoms with E-state index in [0.29, 0.717) is 37.6 Å². The summed E-state index contributed by atoms with van der Waals surface area (Å²) in [7, 11) is 0. The summed E-state index contributed by atoms with van der Waals surface area (Å²) in [6.45, 7) is 6.43. The molecule has 142 valence electrons. The molecule has 0 spiro atoms. The molecule has 2 atom stereocenters. The number of carboxylic acids is 2. The minimum atomic E-state index is -1.00. The first-order valence-corrected chi connectivity index (χ1v) is 9.28. The SMILES string of the molecule is CCC(c1c(C(=O)O)ccc(C(=O)O)c1C(CC)C1COC1)C1COC1. The molecule has 0 saturated carbocycles. The van der Waals surface area contributed by atoms with Crippen LogP contribution in [0.25, 0.3) is 0 Å². The van der Waals surface area contributed by atoms with E-state index in [4.69, 9.17) is 9.47 Å². The summed E-state index contributed by atoms with van der Waals surface area (Å²) in [5.41, 5.74) is 1.85. The number of rotatable bonds is 8. The summed E-state index contributed by atoms with van der Waals surface area (Å²) in [6.07, 6.45) is 1.50. The molecule has 0 aromatic heterocycles. The zero-order chi connectivity index (χ0) is 18.8. The molecule has 2 fully saturated rings. The van der Waals surface area contributed by atoms with Crippen LogP contribution in [0.1, 0.15) is 70.4 Å². The third-order valence-corrected chi connectivity index (χ3v) is 5.84. The summed E-state index contributed by atoms with van der Waals surface area (Å²) in [5, 5.41) is 19.6. The lowest BCUT2D eigenvalue weighted by Gasteiger charge is -2.39. The first kappa shape index (κ1) is 18.9. The molecule has 0 bridgehead atoms. The van der Waals surface area contributed by atoms with Crippen molar-refractivity contribution in [2.24, 2.45) is 11.8 Å². The molecule has 1 aromatic rings. The minimum Gasteiger partial charge on any atom is -0.478 e. The molecule has 1 aromatic carbocycles. The Balaban J connectivity index is 2.23. The van der Waals surface area contributed by atoms with Crippen LogP contribution in [0.2, 0.25) is 0 Å². The summed E-state index contributed by atoms with van der Waals surface area (Å²) in [4.78, 5) is 23.9. The Kier molecular flexibility index (Phi) is 5.63. The van der Waals surface area contributed by atoms with Crippen molar-refractivity contribution in [2.45, 2.75) is 38.5 Å². The second-order valence-electron chi connectivity index (χ2n) is 7.22. The van der Waals surface area contributed by atoms with E-state index in [1.807, 2.05) is 13.8 Å². The quantitative estimate of drug-likeness (QED) is 0.736. The van der Waals surface area contributed by atoms with Crippen LogP contribution in [0, 0.1) is 11.8 Å². The molecule has 2 aliphatic rings. The second-order valence-corrected chi connectivity index (χ2v) is 7.22. The Morgan fingerprint density at radius 2 is 1.23 bits per heavy atom. The van der Waals surface area contributed by atoms with Gasteiger partial charge in [0.25, 0.3) is 0 Å². The monoisotopic (exact) mass is 362 g/mol. The maximum atomic E-state index is 12.0. The predicted octanol–water partition coefficient (Wildman–Crippen LogP) is 3.36. The maximum absolute atomic E-state index is 12.0. The third kappa shape index (κ3) is 3.23. The highest BCUT2D eigenvalue weighted by molar-refractivity contribution is 5.95. The first-order chi connectivity index (χ1) is 12.5. The van der Waals surface area contributed by atoms with Crippen LogP contribution in [0.15, 0.2) is 12.1 Å². The largest absolute Gasteiger partial charge is 0.478 e. The van der Waals surface area contributed by atoms with Crippen molar-refractivity contribution in [1.29, 1.82) is 0 Å². The molecule has 6 nitrogen and oxygen atoms in total. The van der Waals surface area contributed by atoms with E-state index in [1.54, 1.807) is 0 Å². The third-order valence-electron chi connectivity index (χ3n) is 5.84. The molecule has 26 heavy (non-hydrogen) atoms. The van der Waals surface area contributed by atoms with Gasteiger partial charge < -0.3 is 19.7 Å². The van der Waals surface area contributed by atoms with Gasteiger partial charge in [0.1, 0.15) is 0 Å². The van der Waals surface area contributed by atoms with Gasteiger partial charge in [0.05, 0.1) is 37.6 Å². The van der Waals surface area contributed by atoms with Crippen molar-refractivity contribution in [2.75, 3.05) is 26.4 Å². The zero-order valence-corrected chi connectivity index (χ0v) is 15.2. The number of benzene rings is 1. The van der Waals surface area contributed by atoms with Crippen LogP contribution in [0.4, 0.5) is 0 Å². The molecular weight excluding hydrogens is 336 g/mol. The fourth-order valence-electron chi connectivity index (χ4n) is 4.33. The fraction of sp³-hybridized carbons (Fsp3) is 0.600. The highest BCUT2D eigenvalue weighted by Gasteiger charge is 2.39. The molecule has 2 heterocycles. The van der Waals surface area contributed by atoms with Crippen LogP contribution < -0.4 is 0 Å². The lowest BCUT2D eigenvalue weighted by Crippen LogP contribution is -2.37. The molecule has 6 heteroatoms. The second kappa shape index (κ2) is 7.76. The van der Waals surface area contributed by atoms with E-state index in [0.717, 1.165) is 12.8 Å². The van der Waals surface area contributed by atoms with Gasteiger partial charge in [-0.2, -0.15) is 0 Å². The summed E-state index contributed by atoms with van der Waals surface area (Å²) in [6, 6.07) is 2.91. The molecule has 2 aliphatic heterocycles. The van der Waals surface area contributed by atoms with E-state index < -0.39 is 11.9 Å². The first-order valence-electron chi connectivity index (χ1n) is 9.28. The number of ether oxygens (including phenoxy) is 2. The number of aromatic carboxylic acids is 2. The number of hydrogen-bond donors (Lipinski definition) is 2. The van der Waals surface area contributed by atoms with Crippen molar-refractivity contribution in [3.8, 4) is 0 Å². The summed E-state index contributed by atoms with van der Waals surface area (Å²) in [5.74, 6) is -1.57. The molecule has 0 radical (unpaired) electrons. The standard InChI is InChI=1S/C20H26O6/c1-3-13(11-7-25-8-11)17-15(19(21)22)5-6-16(20(23)24)18(17)14(4-2)12-9-26-10-12/h5-6,11-14H,3-4,7-10H2,1-2H3,(H,21,22)(H,23,24). The van der Waals surface area contributed by atoms with Crippen molar-refractivity contribution in [3.63, 3.8) is 0 Å². The van der Waals surface area contributed by atoms with Crippen LogP contribution in [0.3, 0.4) is 0 Å². The maximum Gasteiger partial charge on any atom is 0.335 e. The number of carbonyl (C=O) groups is 2. The van der Waals surface area contributed by atoms with Gasteiger partial charge in [-0.15, -0.1) is 0 Å². The van der Waals surface area contributed by atoms with E-state index in [9.17, 15) is 19.8 Å². The van der Waals surface area contributed by atoms with Gasteiger partial charge in [0.15, 0.2) is 0 Å². The Bertz CT molecular complexity index is 631. The molecule has 2 unspecified atom stereocenters. The minimum absolute atomic E-state index is 0.0146. The Hall–Kier alpha value is -1.92. The van der Waals surface area contributed by atoms with Crippen LogP contribution >= 0.6 is 0 Å². The Morgan fingerprint density at radius 1 is 0.885 bits per heavy atom. The Morgan fingerprint density at radius 3 is 1.42 bits per heavy atom. The van der Waals surface area contributed by atoms with E-state index >= 15 is 0 Å². The summed E-state index contributed by atoms with van der Waals surface area (Å²) < 4.78 is 10.7. The van der Waals surface area contributed by atoms with Gasteiger partial charge in [-0.25, -0.2) is 9.59 Å². The van der Waals surface area contributed by atoms with E-state index in [1.165, 1.54) is 12.1 Å². The fourth-order valence-corrected chi connectivity index (χ4v) is 4.33. The van der Waals surface area contributed by atoms with Gasteiger partial charge in [-0.05, 0) is 47.9 Å². The number of hydrogen-bond acceptors (Lipinski definition) is 4. The van der Waals surface area contributed by atoms with Gasteiger partial charge in [0, 0.05) is 11.8 Å². The molecule has 2 N–H and O–H groups in total. The highest BCUT2D eigenvalue weighted by atomic mass is 16.5. The highest BCUT2D eigenvalue weighted by Crippen LogP contribution is 2.44. The average molecular weight is 362 g/mol. The van der Waals surface area contributed by atoms with Gasteiger partial charge in [-0.1, -0.05) is 13.8 Å². The average Bonchev–Trinajstić information content (AvgIpc) is 2.52. The van der Waals surface area contributed by atoms with Crippen molar-refractivity contribution in [3.05, 3.63) is 34.4 Å². The van der Waals surface area contributed by atoms with Crippen LogP contribution in [0.5, 0.6) is 0 Å². The number of carboxylic acid groups (broad SMARTS) is 2. The normalized spacial score (nSPS) is 20.1. The molecule has 0 aliphatic carbocycles. The van der Waals surface area contributed by atoms with Crippen LogP contribution in [-0.4, -0.2) is 48.6 Å². The van der Waals surface area contributed by atoms with Gasteiger partial charge in [-0.3, -0.25) is 0 Å². The van der Waals surface area contributed by atoms with E-state index in [-0.39, 0.29) is 34.8 Å². The lowest BCUT2D eigenvalue weighted by molar-refractivity contribution is -0.0496. The van der Waals surface area contributed by atoms with E-state index in [2.05, 4.69) is 0 Å². The molecule has 0 amide bonds. The lowest BCUT2D eigenvalue weighted by atomic mass is 9.71. The van der Waals surface area contributed by atoms with Gasteiger partial charge in [0.2, 0.25) is 0 Å². The van der Waals surface area contributed by atoms with Crippen molar-refractivity contribution < 1.29 is 29.3 Å². The Labute approximate surface area is 153 Å². The van der Waals surface area contributed by atoms with Crippen LogP contribution in [-0.2, 0) is 9.47 Å².